The molecular formula is C30H25N3O4. The van der Waals surface area contributed by atoms with Crippen molar-refractivity contribution < 1.29 is 14.3 Å². The number of ether oxygens (including phenoxy) is 1. The summed E-state index contributed by atoms with van der Waals surface area (Å²) in [6, 6.07) is 25.4. The first-order chi connectivity index (χ1) is 17.8. The van der Waals surface area contributed by atoms with Gasteiger partial charge in [0.2, 0.25) is 5.78 Å². The van der Waals surface area contributed by atoms with Crippen molar-refractivity contribution in [1.29, 1.82) is 0 Å². The van der Waals surface area contributed by atoms with Gasteiger partial charge in [-0.1, -0.05) is 54.1 Å². The lowest BCUT2D eigenvalue weighted by Gasteiger charge is -2.11. The van der Waals surface area contributed by atoms with Gasteiger partial charge in [0.25, 0.3) is 5.56 Å². The topological polar surface area (TPSA) is 83.2 Å². The normalized spacial score (nSPS) is 11.0. The Morgan fingerprint density at radius 3 is 2.16 bits per heavy atom. The summed E-state index contributed by atoms with van der Waals surface area (Å²) in [7, 11) is 0. The van der Waals surface area contributed by atoms with Crippen molar-refractivity contribution in [1.82, 2.24) is 14.3 Å². The molecule has 7 nitrogen and oxygen atoms in total. The van der Waals surface area contributed by atoms with Gasteiger partial charge in [0.15, 0.2) is 12.3 Å². The van der Waals surface area contributed by atoms with Crippen molar-refractivity contribution in [3.63, 3.8) is 0 Å². The van der Waals surface area contributed by atoms with Crippen LogP contribution >= 0.6 is 0 Å². The minimum atomic E-state index is -0.776. The molecule has 5 rings (SSSR count). The maximum absolute atomic E-state index is 13.1. The number of benzene rings is 3. The van der Waals surface area contributed by atoms with E-state index in [1.165, 1.54) is 4.68 Å². The second-order valence-corrected chi connectivity index (χ2v) is 8.90. The Hall–Kier alpha value is -4.78. The van der Waals surface area contributed by atoms with Crippen molar-refractivity contribution in [3.05, 3.63) is 123 Å². The highest BCUT2D eigenvalue weighted by Crippen LogP contribution is 2.22. The number of nitrogens with zero attached hydrogens (tertiary/aromatic N) is 3. The molecule has 2 heterocycles. The second-order valence-electron chi connectivity index (χ2n) is 8.90. The highest BCUT2D eigenvalue weighted by molar-refractivity contribution is 6.04. The summed E-state index contributed by atoms with van der Waals surface area (Å²) in [5.41, 5.74) is 4.40. The molecule has 0 radical (unpaired) electrons. The predicted octanol–water partition coefficient (Wildman–Crippen LogP) is 5.14. The zero-order valence-electron chi connectivity index (χ0n) is 20.8. The van der Waals surface area contributed by atoms with Crippen molar-refractivity contribution >= 4 is 22.5 Å². The van der Waals surface area contributed by atoms with E-state index >= 15 is 0 Å². The molecule has 0 saturated carbocycles. The zero-order valence-corrected chi connectivity index (χ0v) is 20.8. The summed E-state index contributed by atoms with van der Waals surface area (Å²) >= 11 is 0. The van der Waals surface area contributed by atoms with E-state index in [0.717, 1.165) is 22.6 Å². The Morgan fingerprint density at radius 1 is 0.811 bits per heavy atom. The fraction of sp³-hybridized carbons (Fsp3) is 0.133. The quantitative estimate of drug-likeness (QED) is 0.243. The highest BCUT2D eigenvalue weighted by Gasteiger charge is 2.22. The van der Waals surface area contributed by atoms with E-state index in [4.69, 9.17) is 4.74 Å². The van der Waals surface area contributed by atoms with Crippen LogP contribution in [0.5, 0.6) is 0 Å². The van der Waals surface area contributed by atoms with Gasteiger partial charge in [0.1, 0.15) is 0 Å². The third-order valence-electron chi connectivity index (χ3n) is 6.36. The lowest BCUT2D eigenvalue weighted by Crippen LogP contribution is -2.26. The van der Waals surface area contributed by atoms with Crippen molar-refractivity contribution in [3.8, 4) is 11.4 Å². The molecule has 0 aliphatic carbocycles. The van der Waals surface area contributed by atoms with Crippen LogP contribution in [0.4, 0.5) is 0 Å². The monoisotopic (exact) mass is 491 g/mol. The first-order valence-electron chi connectivity index (χ1n) is 11.9. The minimum absolute atomic E-state index is 0.0306. The molecule has 0 fully saturated rings. The number of hydrogen-bond donors (Lipinski definition) is 0. The van der Waals surface area contributed by atoms with Crippen molar-refractivity contribution in [2.75, 3.05) is 6.61 Å². The van der Waals surface area contributed by atoms with Gasteiger partial charge in [0.05, 0.1) is 11.1 Å². The number of carbonyl (C=O) groups is 2. The van der Waals surface area contributed by atoms with E-state index in [1.54, 1.807) is 54.6 Å². The number of aryl methyl sites for hydroxylation is 2. The molecule has 0 amide bonds. The fourth-order valence-electron chi connectivity index (χ4n) is 4.50. The molecule has 5 aromatic rings. The van der Waals surface area contributed by atoms with Crippen molar-refractivity contribution in [2.45, 2.75) is 20.8 Å². The van der Waals surface area contributed by atoms with Gasteiger partial charge in [-0.3, -0.25) is 9.59 Å². The maximum Gasteiger partial charge on any atom is 0.359 e. The molecule has 0 aliphatic rings. The van der Waals surface area contributed by atoms with E-state index in [-0.39, 0.29) is 17.0 Å². The van der Waals surface area contributed by atoms with Crippen LogP contribution in [-0.4, -0.2) is 32.7 Å². The lowest BCUT2D eigenvalue weighted by molar-refractivity contribution is 0.0469. The van der Waals surface area contributed by atoms with E-state index in [9.17, 15) is 14.4 Å². The molecule has 0 bridgehead atoms. The Kier molecular flexibility index (Phi) is 6.27. The van der Waals surface area contributed by atoms with Gasteiger partial charge in [-0.05, 0) is 57.2 Å². The number of fused-ring (bicyclic) bond motifs is 1. The van der Waals surface area contributed by atoms with Gasteiger partial charge in [-0.15, -0.1) is 0 Å². The van der Waals surface area contributed by atoms with Gasteiger partial charge in [-0.25, -0.2) is 4.79 Å². The Labute approximate surface area is 213 Å². The molecule has 0 N–H and O–H groups in total. The SMILES string of the molecule is Cc1ccc(-n2c(C)cc(C(=O)COC(=O)c3nn(-c4ccccc4)c(=O)c4ccccc34)c2C)cc1. The molecule has 3 aromatic carbocycles. The number of hydrogen-bond acceptors (Lipinski definition) is 5. The number of ketones is 1. The average Bonchev–Trinajstić information content (AvgIpc) is 3.22. The van der Waals surface area contributed by atoms with Gasteiger partial charge >= 0.3 is 5.97 Å². The number of Topliss-reactive ketones (excluding diaryl/α,β-unsaturated/α-hetero) is 1. The predicted molar refractivity (Wildman–Crippen MR) is 142 cm³/mol. The summed E-state index contributed by atoms with van der Waals surface area (Å²) < 4.78 is 8.61. The van der Waals surface area contributed by atoms with Crippen LogP contribution in [0.15, 0.2) is 89.7 Å². The molecule has 0 saturated heterocycles. The van der Waals surface area contributed by atoms with E-state index in [0.29, 0.717) is 22.0 Å². The van der Waals surface area contributed by atoms with E-state index in [1.807, 2.05) is 55.7 Å². The molecule has 184 valence electrons. The summed E-state index contributed by atoms with van der Waals surface area (Å²) in [5.74, 6) is -1.10. The number of rotatable bonds is 6. The van der Waals surface area contributed by atoms with Gasteiger partial charge in [0, 0.05) is 28.0 Å². The van der Waals surface area contributed by atoms with Crippen LogP contribution in [-0.2, 0) is 4.74 Å². The minimum Gasteiger partial charge on any atom is -0.452 e. The molecule has 37 heavy (non-hydrogen) atoms. The summed E-state index contributed by atoms with van der Waals surface area (Å²) in [6.45, 7) is 5.37. The summed E-state index contributed by atoms with van der Waals surface area (Å²) in [5, 5.41) is 5.02. The number of para-hydroxylation sites is 1. The van der Waals surface area contributed by atoms with Crippen molar-refractivity contribution in [2.24, 2.45) is 0 Å². The zero-order chi connectivity index (χ0) is 26.1. The summed E-state index contributed by atoms with van der Waals surface area (Å²) in [6.07, 6.45) is 0. The third kappa shape index (κ3) is 4.47. The molecule has 7 heteroatoms. The van der Waals surface area contributed by atoms with Crippen LogP contribution in [0.3, 0.4) is 0 Å². The molecule has 2 aromatic heterocycles. The Bertz CT molecular complexity index is 1700. The molecular weight excluding hydrogens is 466 g/mol. The standard InChI is InChI=1S/C30H25N3O4/c1-19-13-15-22(16-14-19)32-20(2)17-26(21(32)3)27(34)18-37-30(36)28-24-11-7-8-12-25(24)29(35)33(31-28)23-9-5-4-6-10-23/h4-17H,18H2,1-3H3. The highest BCUT2D eigenvalue weighted by atomic mass is 16.5. The van der Waals surface area contributed by atoms with Crippen LogP contribution < -0.4 is 5.56 Å². The molecule has 0 spiro atoms. The van der Waals surface area contributed by atoms with Crippen LogP contribution in [0, 0.1) is 20.8 Å². The number of carbonyl (C=O) groups excluding carboxylic acids is 2. The molecule has 0 unspecified atom stereocenters. The van der Waals surface area contributed by atoms with Crippen LogP contribution in [0.1, 0.15) is 37.8 Å². The first kappa shape index (κ1) is 23.9. The van der Waals surface area contributed by atoms with Crippen LogP contribution in [0.25, 0.3) is 22.1 Å². The number of esters is 1. The maximum atomic E-state index is 13.1. The summed E-state index contributed by atoms with van der Waals surface area (Å²) in [4.78, 5) is 39.3. The molecule has 0 atom stereocenters. The smallest absolute Gasteiger partial charge is 0.359 e. The van der Waals surface area contributed by atoms with E-state index < -0.39 is 12.6 Å². The fourth-order valence-corrected chi connectivity index (χ4v) is 4.50. The largest absolute Gasteiger partial charge is 0.452 e. The first-order valence-corrected chi connectivity index (χ1v) is 11.9. The van der Waals surface area contributed by atoms with E-state index in [2.05, 4.69) is 5.10 Å². The van der Waals surface area contributed by atoms with Gasteiger partial charge < -0.3 is 9.30 Å². The Balaban J connectivity index is 1.44. The third-order valence-corrected chi connectivity index (χ3v) is 6.36. The van der Waals surface area contributed by atoms with Crippen LogP contribution in [0.2, 0.25) is 0 Å². The lowest BCUT2D eigenvalue weighted by atomic mass is 10.1. The Morgan fingerprint density at radius 2 is 1.46 bits per heavy atom. The number of aromatic nitrogens is 3. The average molecular weight is 492 g/mol. The van der Waals surface area contributed by atoms with Gasteiger partial charge in [-0.2, -0.15) is 9.78 Å². The molecule has 0 aliphatic heterocycles. The second kappa shape index (κ2) is 9.70.